The Morgan fingerprint density at radius 2 is 2.17 bits per heavy atom. The molecule has 1 aliphatic heterocycles. The number of benzene rings is 1. The number of aryl methyl sites for hydroxylation is 1. The lowest BCUT2D eigenvalue weighted by Crippen LogP contribution is -2.36. The van der Waals surface area contributed by atoms with E-state index < -0.39 is 0 Å². The molecule has 0 aromatic heterocycles. The normalized spacial score (nSPS) is 16.8. The van der Waals surface area contributed by atoms with Gasteiger partial charge in [-0.1, -0.05) is 13.0 Å². The number of ether oxygens (including phenoxy) is 1. The number of fused-ring (bicyclic) bond motifs is 1. The van der Waals surface area contributed by atoms with E-state index >= 15 is 0 Å². The van der Waals surface area contributed by atoms with Crippen molar-refractivity contribution < 1.29 is 9.53 Å². The monoisotopic (exact) mass is 357 g/mol. The molecule has 0 aliphatic carbocycles. The fourth-order valence-electron chi connectivity index (χ4n) is 2.16. The van der Waals surface area contributed by atoms with Crippen molar-refractivity contribution >= 4 is 34.4 Å². The van der Waals surface area contributed by atoms with Crippen LogP contribution >= 0.6 is 22.6 Å². The molecule has 18 heavy (non-hydrogen) atoms. The van der Waals surface area contributed by atoms with Crippen molar-refractivity contribution in [2.24, 2.45) is 0 Å². The predicted octanol–water partition coefficient (Wildman–Crippen LogP) is 4.18. The summed E-state index contributed by atoms with van der Waals surface area (Å²) in [5.41, 5.74) is 3.13. The van der Waals surface area contributed by atoms with Gasteiger partial charge >= 0.3 is 6.09 Å². The summed E-state index contributed by atoms with van der Waals surface area (Å²) in [5, 5.41) is 0. The van der Waals surface area contributed by atoms with Gasteiger partial charge in [0.25, 0.3) is 0 Å². The van der Waals surface area contributed by atoms with E-state index in [1.807, 2.05) is 19.1 Å². The first kappa shape index (κ1) is 13.4. The SMILES string of the molecule is C/C=C1/c2cc(C)cc(I)c2OC(=O)N1CCC. The Balaban J connectivity index is 2.58. The van der Waals surface area contributed by atoms with Gasteiger partial charge in [-0.15, -0.1) is 0 Å². The zero-order chi connectivity index (χ0) is 13.3. The Hall–Kier alpha value is -1.04. The summed E-state index contributed by atoms with van der Waals surface area (Å²) in [6, 6.07) is 4.09. The lowest BCUT2D eigenvalue weighted by atomic mass is 10.0. The van der Waals surface area contributed by atoms with Gasteiger partial charge in [0.2, 0.25) is 0 Å². The number of hydrogen-bond donors (Lipinski definition) is 0. The first-order valence-corrected chi connectivity index (χ1v) is 7.12. The Kier molecular flexibility index (Phi) is 3.94. The van der Waals surface area contributed by atoms with Gasteiger partial charge in [-0.25, -0.2) is 4.79 Å². The van der Waals surface area contributed by atoms with Crippen molar-refractivity contribution in [1.82, 2.24) is 4.90 Å². The number of carbonyl (C=O) groups is 1. The molecule has 1 aliphatic rings. The molecule has 0 saturated carbocycles. The minimum atomic E-state index is -0.279. The Morgan fingerprint density at radius 3 is 2.78 bits per heavy atom. The Bertz CT molecular complexity index is 523. The van der Waals surface area contributed by atoms with Gasteiger partial charge in [-0.2, -0.15) is 0 Å². The van der Waals surface area contributed by atoms with Crippen LogP contribution in [0.4, 0.5) is 4.79 Å². The van der Waals surface area contributed by atoms with Crippen LogP contribution in [0.1, 0.15) is 31.4 Å². The number of carbonyl (C=O) groups excluding carboxylic acids is 1. The van der Waals surface area contributed by atoms with Crippen molar-refractivity contribution in [2.45, 2.75) is 27.2 Å². The van der Waals surface area contributed by atoms with E-state index in [2.05, 4.69) is 42.5 Å². The van der Waals surface area contributed by atoms with Crippen molar-refractivity contribution in [2.75, 3.05) is 6.54 Å². The second-order valence-electron chi connectivity index (χ2n) is 4.32. The summed E-state index contributed by atoms with van der Waals surface area (Å²) in [6.07, 6.45) is 2.61. The Labute approximate surface area is 121 Å². The first-order valence-electron chi connectivity index (χ1n) is 6.04. The maximum atomic E-state index is 12.0. The summed E-state index contributed by atoms with van der Waals surface area (Å²) < 4.78 is 6.43. The molecule has 0 unspecified atom stereocenters. The van der Waals surface area contributed by atoms with Crippen LogP contribution < -0.4 is 4.74 Å². The fraction of sp³-hybridized carbons (Fsp3) is 0.357. The van der Waals surface area contributed by atoms with Gasteiger partial charge in [-0.05, 0) is 60.6 Å². The van der Waals surface area contributed by atoms with Crippen LogP contribution in [0.2, 0.25) is 0 Å². The minimum absolute atomic E-state index is 0.279. The van der Waals surface area contributed by atoms with Crippen LogP contribution in [0.15, 0.2) is 18.2 Å². The van der Waals surface area contributed by atoms with Crippen LogP contribution in [0.25, 0.3) is 5.70 Å². The van der Waals surface area contributed by atoms with Gasteiger partial charge < -0.3 is 4.74 Å². The average Bonchev–Trinajstić information content (AvgIpc) is 2.32. The molecule has 1 aromatic rings. The number of amides is 1. The highest BCUT2D eigenvalue weighted by molar-refractivity contribution is 14.1. The summed E-state index contributed by atoms with van der Waals surface area (Å²) in [7, 11) is 0. The smallest absolute Gasteiger partial charge is 0.408 e. The molecule has 0 N–H and O–H groups in total. The summed E-state index contributed by atoms with van der Waals surface area (Å²) in [6.45, 7) is 6.74. The molecule has 0 atom stereocenters. The highest BCUT2D eigenvalue weighted by atomic mass is 127. The zero-order valence-electron chi connectivity index (χ0n) is 10.8. The lowest BCUT2D eigenvalue weighted by molar-refractivity contribution is 0.168. The van der Waals surface area contributed by atoms with Crippen molar-refractivity contribution in [3.63, 3.8) is 0 Å². The molecular formula is C14H16INO2. The van der Waals surface area contributed by atoms with Crippen LogP contribution in [-0.2, 0) is 0 Å². The van der Waals surface area contributed by atoms with Gasteiger partial charge in [0.05, 0.1) is 9.27 Å². The molecule has 2 rings (SSSR count). The molecule has 96 valence electrons. The van der Waals surface area contributed by atoms with Gasteiger partial charge in [0.1, 0.15) is 0 Å². The maximum Gasteiger partial charge on any atom is 0.419 e. The van der Waals surface area contributed by atoms with Crippen LogP contribution in [0.3, 0.4) is 0 Å². The largest absolute Gasteiger partial charge is 0.419 e. The van der Waals surface area contributed by atoms with Crippen molar-refractivity contribution in [1.29, 1.82) is 0 Å². The molecular weight excluding hydrogens is 341 g/mol. The molecule has 4 heteroatoms. The van der Waals surface area contributed by atoms with E-state index in [0.717, 1.165) is 21.3 Å². The predicted molar refractivity (Wildman–Crippen MR) is 80.6 cm³/mol. The quantitative estimate of drug-likeness (QED) is 0.743. The molecule has 0 spiro atoms. The molecule has 0 saturated heterocycles. The second-order valence-corrected chi connectivity index (χ2v) is 5.48. The van der Waals surface area contributed by atoms with Crippen LogP contribution in [0, 0.1) is 10.5 Å². The van der Waals surface area contributed by atoms with E-state index in [4.69, 9.17) is 4.74 Å². The molecule has 1 heterocycles. The molecule has 1 amide bonds. The summed E-state index contributed by atoms with van der Waals surface area (Å²) in [4.78, 5) is 13.7. The zero-order valence-corrected chi connectivity index (χ0v) is 12.9. The van der Waals surface area contributed by atoms with Crippen LogP contribution in [-0.4, -0.2) is 17.5 Å². The lowest BCUT2D eigenvalue weighted by Gasteiger charge is -2.31. The number of allylic oxidation sites excluding steroid dienone is 1. The van der Waals surface area contributed by atoms with Gasteiger partial charge in [0.15, 0.2) is 5.75 Å². The third-order valence-corrected chi connectivity index (χ3v) is 3.69. The van der Waals surface area contributed by atoms with E-state index in [9.17, 15) is 4.79 Å². The average molecular weight is 357 g/mol. The molecule has 1 aromatic carbocycles. The molecule has 0 fully saturated rings. The highest BCUT2D eigenvalue weighted by Crippen LogP contribution is 2.38. The van der Waals surface area contributed by atoms with E-state index in [0.29, 0.717) is 12.3 Å². The van der Waals surface area contributed by atoms with Crippen molar-refractivity contribution in [3.05, 3.63) is 32.9 Å². The third kappa shape index (κ3) is 2.25. The molecule has 0 bridgehead atoms. The van der Waals surface area contributed by atoms with Gasteiger partial charge in [0, 0.05) is 12.1 Å². The van der Waals surface area contributed by atoms with E-state index in [-0.39, 0.29) is 6.09 Å². The first-order chi connectivity index (χ1) is 8.58. The van der Waals surface area contributed by atoms with Gasteiger partial charge in [-0.3, -0.25) is 4.90 Å². The standard InChI is InChI=1S/C14H16INO2/c1-4-6-16-12(5-2)10-7-9(3)8-11(15)13(10)18-14(16)17/h5,7-8H,4,6H2,1-3H3/b12-5-. The Morgan fingerprint density at radius 1 is 1.44 bits per heavy atom. The maximum absolute atomic E-state index is 12.0. The molecule has 3 nitrogen and oxygen atoms in total. The number of halogens is 1. The number of hydrogen-bond acceptors (Lipinski definition) is 2. The van der Waals surface area contributed by atoms with Crippen LogP contribution in [0.5, 0.6) is 5.75 Å². The topological polar surface area (TPSA) is 29.5 Å². The fourth-order valence-corrected chi connectivity index (χ4v) is 3.05. The highest BCUT2D eigenvalue weighted by Gasteiger charge is 2.30. The van der Waals surface area contributed by atoms with E-state index in [1.165, 1.54) is 5.56 Å². The molecule has 0 radical (unpaired) electrons. The van der Waals surface area contributed by atoms with E-state index in [1.54, 1.807) is 4.90 Å². The minimum Gasteiger partial charge on any atom is -0.408 e. The summed E-state index contributed by atoms with van der Waals surface area (Å²) in [5.74, 6) is 0.687. The second kappa shape index (κ2) is 5.30. The number of rotatable bonds is 2. The number of nitrogens with zero attached hydrogens (tertiary/aromatic N) is 1. The van der Waals surface area contributed by atoms with Crippen molar-refractivity contribution in [3.8, 4) is 5.75 Å². The third-order valence-electron chi connectivity index (χ3n) is 2.89. The summed E-state index contributed by atoms with van der Waals surface area (Å²) >= 11 is 2.21.